The van der Waals surface area contributed by atoms with Crippen LogP contribution in [0, 0.1) is 0 Å². The standard InChI is InChI=1S/C25H21N7O/c33-25(23-8-3-4-9-24(23)32-18-27-29-30-32)26-16-21-6-1-2-7-22(21)20-12-10-19(11-13-20)17-31-15-5-14-28-31/h1-15,18H,16-17H2,(H,26,33). The fourth-order valence-corrected chi connectivity index (χ4v) is 3.73. The van der Waals surface area contributed by atoms with E-state index in [2.05, 4.69) is 56.3 Å². The van der Waals surface area contributed by atoms with Crippen molar-refractivity contribution in [3.8, 4) is 16.8 Å². The lowest BCUT2D eigenvalue weighted by atomic mass is 9.98. The highest BCUT2D eigenvalue weighted by Crippen LogP contribution is 2.24. The number of nitrogens with zero attached hydrogens (tertiary/aromatic N) is 6. The monoisotopic (exact) mass is 435 g/mol. The molecule has 0 aliphatic heterocycles. The van der Waals surface area contributed by atoms with E-state index >= 15 is 0 Å². The number of hydrogen-bond acceptors (Lipinski definition) is 5. The number of amides is 1. The molecule has 8 nitrogen and oxygen atoms in total. The summed E-state index contributed by atoms with van der Waals surface area (Å²) in [4.78, 5) is 13.0. The van der Waals surface area contributed by atoms with Crippen molar-refractivity contribution in [3.05, 3.63) is 114 Å². The maximum Gasteiger partial charge on any atom is 0.253 e. The Hall–Kier alpha value is -4.59. The zero-order valence-electron chi connectivity index (χ0n) is 17.7. The molecule has 0 unspecified atom stereocenters. The summed E-state index contributed by atoms with van der Waals surface area (Å²) in [6.07, 6.45) is 5.20. The number of carbonyl (C=O) groups is 1. The van der Waals surface area contributed by atoms with E-state index in [1.165, 1.54) is 16.6 Å². The Morgan fingerprint density at radius 2 is 1.73 bits per heavy atom. The van der Waals surface area contributed by atoms with Gasteiger partial charge in [-0.2, -0.15) is 9.78 Å². The first-order valence-corrected chi connectivity index (χ1v) is 10.5. The number of rotatable bonds is 7. The summed E-state index contributed by atoms with van der Waals surface area (Å²) < 4.78 is 3.37. The number of tetrazole rings is 1. The predicted octanol–water partition coefficient (Wildman–Crippen LogP) is 3.50. The molecule has 1 N–H and O–H groups in total. The average Bonchev–Trinajstić information content (AvgIpc) is 3.58. The van der Waals surface area contributed by atoms with Crippen molar-refractivity contribution in [1.82, 2.24) is 35.3 Å². The molecular weight excluding hydrogens is 414 g/mol. The van der Waals surface area contributed by atoms with Gasteiger partial charge in [-0.25, -0.2) is 0 Å². The highest BCUT2D eigenvalue weighted by atomic mass is 16.1. The van der Waals surface area contributed by atoms with Crippen molar-refractivity contribution in [2.24, 2.45) is 0 Å². The summed E-state index contributed by atoms with van der Waals surface area (Å²) in [6.45, 7) is 1.12. The van der Waals surface area contributed by atoms with Gasteiger partial charge in [0, 0.05) is 18.9 Å². The molecule has 162 valence electrons. The molecule has 5 rings (SSSR count). The summed E-state index contributed by atoms with van der Waals surface area (Å²) in [6, 6.07) is 25.7. The van der Waals surface area contributed by atoms with E-state index < -0.39 is 0 Å². The molecule has 0 saturated carbocycles. The van der Waals surface area contributed by atoms with Crippen LogP contribution in [0.3, 0.4) is 0 Å². The number of hydrogen-bond donors (Lipinski definition) is 1. The normalized spacial score (nSPS) is 10.8. The second-order valence-corrected chi connectivity index (χ2v) is 7.51. The Labute approximate surface area is 190 Å². The zero-order chi connectivity index (χ0) is 22.5. The third kappa shape index (κ3) is 4.54. The number of para-hydroxylation sites is 1. The molecule has 33 heavy (non-hydrogen) atoms. The summed E-state index contributed by atoms with van der Waals surface area (Å²) in [7, 11) is 0. The van der Waals surface area contributed by atoms with E-state index in [1.54, 1.807) is 12.3 Å². The molecule has 1 amide bonds. The lowest BCUT2D eigenvalue weighted by Gasteiger charge is -2.13. The third-order valence-corrected chi connectivity index (χ3v) is 5.37. The zero-order valence-corrected chi connectivity index (χ0v) is 17.7. The highest BCUT2D eigenvalue weighted by molar-refractivity contribution is 5.97. The van der Waals surface area contributed by atoms with Gasteiger partial charge in [0.1, 0.15) is 6.33 Å². The van der Waals surface area contributed by atoms with Crippen LogP contribution in [0.2, 0.25) is 0 Å². The maximum atomic E-state index is 13.0. The molecule has 0 spiro atoms. The number of carbonyl (C=O) groups excluding carboxylic acids is 1. The van der Waals surface area contributed by atoms with Gasteiger partial charge < -0.3 is 5.32 Å². The molecular formula is C25H21N7O. The van der Waals surface area contributed by atoms with E-state index in [0.29, 0.717) is 17.8 Å². The van der Waals surface area contributed by atoms with E-state index in [0.717, 1.165) is 23.2 Å². The van der Waals surface area contributed by atoms with Crippen molar-refractivity contribution >= 4 is 5.91 Å². The molecule has 8 heteroatoms. The van der Waals surface area contributed by atoms with Gasteiger partial charge in [-0.15, -0.1) is 5.10 Å². The molecule has 5 aromatic rings. The van der Waals surface area contributed by atoms with E-state index in [9.17, 15) is 4.79 Å². The Morgan fingerprint density at radius 1 is 0.909 bits per heavy atom. The Morgan fingerprint density at radius 3 is 2.52 bits per heavy atom. The quantitative estimate of drug-likeness (QED) is 0.423. The van der Waals surface area contributed by atoms with Crippen LogP contribution in [-0.2, 0) is 13.1 Å². The fraction of sp³-hybridized carbons (Fsp3) is 0.0800. The van der Waals surface area contributed by atoms with Crippen LogP contribution in [0.5, 0.6) is 0 Å². The van der Waals surface area contributed by atoms with Gasteiger partial charge in [0.25, 0.3) is 5.91 Å². The van der Waals surface area contributed by atoms with E-state index in [4.69, 9.17) is 0 Å². The van der Waals surface area contributed by atoms with E-state index in [1.807, 2.05) is 53.3 Å². The van der Waals surface area contributed by atoms with Crippen LogP contribution in [0.15, 0.2) is 97.6 Å². The lowest BCUT2D eigenvalue weighted by molar-refractivity contribution is 0.0951. The Balaban J connectivity index is 1.33. The van der Waals surface area contributed by atoms with Gasteiger partial charge >= 0.3 is 0 Å². The fourth-order valence-electron chi connectivity index (χ4n) is 3.73. The SMILES string of the molecule is O=C(NCc1ccccc1-c1ccc(Cn2cccn2)cc1)c1ccccc1-n1cnnn1. The molecule has 3 aromatic carbocycles. The second kappa shape index (κ2) is 9.27. The van der Waals surface area contributed by atoms with Gasteiger partial charge in [-0.3, -0.25) is 9.48 Å². The number of aromatic nitrogens is 6. The van der Waals surface area contributed by atoms with Crippen molar-refractivity contribution < 1.29 is 4.79 Å². The van der Waals surface area contributed by atoms with Gasteiger partial charge in [0.2, 0.25) is 0 Å². The molecule has 0 bridgehead atoms. The van der Waals surface area contributed by atoms with Crippen LogP contribution in [0.25, 0.3) is 16.8 Å². The lowest BCUT2D eigenvalue weighted by Crippen LogP contribution is -2.24. The van der Waals surface area contributed by atoms with Gasteiger partial charge in [-0.1, -0.05) is 60.7 Å². The molecule has 0 atom stereocenters. The van der Waals surface area contributed by atoms with E-state index in [-0.39, 0.29) is 5.91 Å². The maximum absolute atomic E-state index is 13.0. The van der Waals surface area contributed by atoms with Crippen molar-refractivity contribution in [2.45, 2.75) is 13.1 Å². The minimum atomic E-state index is -0.189. The van der Waals surface area contributed by atoms with Crippen molar-refractivity contribution in [1.29, 1.82) is 0 Å². The third-order valence-electron chi connectivity index (χ3n) is 5.37. The minimum absolute atomic E-state index is 0.189. The molecule has 0 fully saturated rings. The van der Waals surface area contributed by atoms with Crippen LogP contribution < -0.4 is 5.32 Å². The predicted molar refractivity (Wildman–Crippen MR) is 124 cm³/mol. The number of benzene rings is 3. The first kappa shape index (κ1) is 20.3. The largest absolute Gasteiger partial charge is 0.348 e. The van der Waals surface area contributed by atoms with Crippen molar-refractivity contribution in [3.63, 3.8) is 0 Å². The molecule has 0 saturated heterocycles. The van der Waals surface area contributed by atoms with Gasteiger partial charge in [0.15, 0.2) is 0 Å². The molecule has 0 aliphatic rings. The second-order valence-electron chi connectivity index (χ2n) is 7.51. The van der Waals surface area contributed by atoms with Gasteiger partial charge in [0.05, 0.1) is 17.8 Å². The van der Waals surface area contributed by atoms with Crippen LogP contribution in [0.1, 0.15) is 21.5 Å². The summed E-state index contributed by atoms with van der Waals surface area (Å²) in [5.41, 5.74) is 5.51. The molecule has 2 heterocycles. The highest BCUT2D eigenvalue weighted by Gasteiger charge is 2.14. The molecule has 0 aliphatic carbocycles. The molecule has 2 aromatic heterocycles. The molecule has 0 radical (unpaired) electrons. The Bertz CT molecular complexity index is 1340. The summed E-state index contributed by atoms with van der Waals surface area (Å²) in [5.74, 6) is -0.189. The summed E-state index contributed by atoms with van der Waals surface area (Å²) >= 11 is 0. The average molecular weight is 435 g/mol. The smallest absolute Gasteiger partial charge is 0.253 e. The summed E-state index contributed by atoms with van der Waals surface area (Å²) in [5, 5.41) is 18.5. The van der Waals surface area contributed by atoms with Crippen molar-refractivity contribution in [2.75, 3.05) is 0 Å². The first-order chi connectivity index (χ1) is 16.3. The Kier molecular flexibility index (Phi) is 5.71. The number of nitrogens with one attached hydrogen (secondary N) is 1. The first-order valence-electron chi connectivity index (χ1n) is 10.5. The topological polar surface area (TPSA) is 90.5 Å². The van der Waals surface area contributed by atoms with Crippen LogP contribution in [0.4, 0.5) is 0 Å². The van der Waals surface area contributed by atoms with Crippen LogP contribution >= 0.6 is 0 Å². The van der Waals surface area contributed by atoms with Crippen LogP contribution in [-0.4, -0.2) is 35.9 Å². The van der Waals surface area contributed by atoms with Gasteiger partial charge in [-0.05, 0) is 50.9 Å². The minimum Gasteiger partial charge on any atom is -0.348 e.